The van der Waals surface area contributed by atoms with Crippen LogP contribution in [-0.4, -0.2) is 56.5 Å². The quantitative estimate of drug-likeness (QED) is 0.529. The van der Waals surface area contributed by atoms with Crippen molar-refractivity contribution in [2.45, 2.75) is 30.7 Å². The molecule has 0 saturated carbocycles. The van der Waals surface area contributed by atoms with Crippen molar-refractivity contribution < 1.29 is 14.3 Å². The van der Waals surface area contributed by atoms with Gasteiger partial charge in [0.15, 0.2) is 5.16 Å². The Balaban J connectivity index is 1.64. The number of thioether (sulfide) groups is 1. The number of amides is 3. The van der Waals surface area contributed by atoms with Gasteiger partial charge in [-0.15, -0.1) is 10.2 Å². The van der Waals surface area contributed by atoms with E-state index < -0.39 is 5.25 Å². The summed E-state index contributed by atoms with van der Waals surface area (Å²) < 4.78 is 7.52. The molecule has 1 aliphatic heterocycles. The molecule has 0 bridgehead atoms. The van der Waals surface area contributed by atoms with Gasteiger partial charge in [0.05, 0.1) is 11.9 Å². The van der Waals surface area contributed by atoms with E-state index in [1.165, 1.54) is 16.7 Å². The summed E-state index contributed by atoms with van der Waals surface area (Å²) >= 11 is 1.29. The van der Waals surface area contributed by atoms with Crippen molar-refractivity contribution in [2.75, 3.05) is 19.7 Å². The highest BCUT2D eigenvalue weighted by Gasteiger charge is 2.31. The Labute approximate surface area is 191 Å². The van der Waals surface area contributed by atoms with Gasteiger partial charge in [-0.25, -0.2) is 4.79 Å². The maximum atomic E-state index is 12.8. The Bertz CT molecular complexity index is 1080. The minimum absolute atomic E-state index is 0.240. The van der Waals surface area contributed by atoms with Crippen molar-refractivity contribution in [2.24, 2.45) is 0 Å². The number of rotatable bonds is 8. The minimum atomic E-state index is -0.492. The van der Waals surface area contributed by atoms with Crippen LogP contribution < -0.4 is 10.1 Å². The van der Waals surface area contributed by atoms with E-state index in [0.717, 1.165) is 22.8 Å². The molecule has 1 unspecified atom stereocenters. The number of hydrogen-bond acceptors (Lipinski definition) is 6. The zero-order valence-electron chi connectivity index (χ0n) is 18.0. The maximum absolute atomic E-state index is 12.8. The van der Waals surface area contributed by atoms with Crippen LogP contribution in [-0.2, 0) is 11.2 Å². The van der Waals surface area contributed by atoms with Crippen LogP contribution in [0.3, 0.4) is 0 Å². The van der Waals surface area contributed by atoms with E-state index >= 15 is 0 Å². The summed E-state index contributed by atoms with van der Waals surface area (Å²) in [5.41, 5.74) is 1.99. The number of ether oxygens (including phenoxy) is 1. The molecule has 3 amide bonds. The summed E-state index contributed by atoms with van der Waals surface area (Å²) in [6, 6.07) is 17.4. The molecule has 1 fully saturated rings. The zero-order valence-corrected chi connectivity index (χ0v) is 18.8. The van der Waals surface area contributed by atoms with E-state index in [1.54, 1.807) is 6.92 Å². The first-order chi connectivity index (χ1) is 15.6. The summed E-state index contributed by atoms with van der Waals surface area (Å²) in [5.74, 6) is 1.31. The van der Waals surface area contributed by atoms with Crippen LogP contribution >= 0.6 is 11.8 Å². The summed E-state index contributed by atoms with van der Waals surface area (Å²) in [6.45, 7) is 5.18. The number of nitrogens with one attached hydrogen (secondary N) is 1. The van der Waals surface area contributed by atoms with Gasteiger partial charge in [0.2, 0.25) is 5.91 Å². The first kappa shape index (κ1) is 21.9. The molecule has 3 aromatic rings. The lowest BCUT2D eigenvalue weighted by molar-refractivity contribution is -0.126. The summed E-state index contributed by atoms with van der Waals surface area (Å²) in [5, 5.41) is 11.6. The highest BCUT2D eigenvalue weighted by molar-refractivity contribution is 8.00. The molecule has 2 aromatic carbocycles. The lowest BCUT2D eigenvalue weighted by Crippen LogP contribution is -2.39. The SMILES string of the molecule is CCOc1ccc(-n2c(Cc3ccccc3)nnc2SC(C)C(=O)N2CCNC2=O)cc1. The monoisotopic (exact) mass is 451 g/mol. The van der Waals surface area contributed by atoms with Gasteiger partial charge in [0.1, 0.15) is 11.6 Å². The summed E-state index contributed by atoms with van der Waals surface area (Å²) in [4.78, 5) is 25.9. The molecule has 8 nitrogen and oxygen atoms in total. The van der Waals surface area contributed by atoms with E-state index in [2.05, 4.69) is 15.5 Å². The molecule has 9 heteroatoms. The van der Waals surface area contributed by atoms with Gasteiger partial charge in [-0.3, -0.25) is 14.3 Å². The van der Waals surface area contributed by atoms with E-state index in [-0.39, 0.29) is 11.9 Å². The normalized spacial score (nSPS) is 14.3. The number of carbonyl (C=O) groups excluding carboxylic acids is 2. The first-order valence-electron chi connectivity index (χ1n) is 10.5. The second-order valence-electron chi connectivity index (χ2n) is 7.31. The molecule has 32 heavy (non-hydrogen) atoms. The second-order valence-corrected chi connectivity index (χ2v) is 8.61. The molecule has 1 aromatic heterocycles. The van der Waals surface area contributed by atoms with Gasteiger partial charge in [0.25, 0.3) is 0 Å². The Morgan fingerprint density at radius 3 is 2.56 bits per heavy atom. The first-order valence-corrected chi connectivity index (χ1v) is 11.4. The fourth-order valence-corrected chi connectivity index (χ4v) is 4.45. The molecule has 0 radical (unpaired) electrons. The molecular weight excluding hydrogens is 426 g/mol. The summed E-state index contributed by atoms with van der Waals surface area (Å²) in [7, 11) is 0. The molecule has 4 rings (SSSR count). The van der Waals surface area contributed by atoms with Crippen LogP contribution in [0.4, 0.5) is 4.79 Å². The predicted octanol–water partition coefficient (Wildman–Crippen LogP) is 3.29. The number of benzene rings is 2. The highest BCUT2D eigenvalue weighted by atomic mass is 32.2. The van der Waals surface area contributed by atoms with Crippen LogP contribution in [0.1, 0.15) is 25.2 Å². The number of urea groups is 1. The van der Waals surface area contributed by atoms with Gasteiger partial charge < -0.3 is 10.1 Å². The van der Waals surface area contributed by atoms with Gasteiger partial charge in [-0.1, -0.05) is 42.1 Å². The lowest BCUT2D eigenvalue weighted by atomic mass is 10.1. The van der Waals surface area contributed by atoms with Gasteiger partial charge in [-0.2, -0.15) is 0 Å². The van der Waals surface area contributed by atoms with Crippen LogP contribution in [0, 0.1) is 0 Å². The maximum Gasteiger partial charge on any atom is 0.324 e. The van der Waals surface area contributed by atoms with E-state index in [4.69, 9.17) is 4.74 Å². The van der Waals surface area contributed by atoms with Crippen molar-refractivity contribution in [1.29, 1.82) is 0 Å². The third-order valence-electron chi connectivity index (χ3n) is 5.06. The van der Waals surface area contributed by atoms with E-state index in [1.807, 2.05) is 66.1 Å². The smallest absolute Gasteiger partial charge is 0.324 e. The van der Waals surface area contributed by atoms with Crippen LogP contribution in [0.25, 0.3) is 5.69 Å². The average Bonchev–Trinajstić information content (AvgIpc) is 3.41. The van der Waals surface area contributed by atoms with Crippen LogP contribution in [0.15, 0.2) is 59.8 Å². The number of aromatic nitrogens is 3. The van der Waals surface area contributed by atoms with Gasteiger partial charge in [-0.05, 0) is 43.7 Å². The number of hydrogen-bond donors (Lipinski definition) is 1. The number of carbonyl (C=O) groups is 2. The standard InChI is InChI=1S/C23H25N5O3S/c1-3-31-19-11-9-18(10-12-19)28-20(15-17-7-5-4-6-8-17)25-26-23(28)32-16(2)21(29)27-14-13-24-22(27)30/h4-12,16H,3,13-15H2,1-2H3,(H,24,30). The minimum Gasteiger partial charge on any atom is -0.494 e. The fraction of sp³-hybridized carbons (Fsp3) is 0.304. The highest BCUT2D eigenvalue weighted by Crippen LogP contribution is 2.28. The van der Waals surface area contributed by atoms with Gasteiger partial charge in [0, 0.05) is 25.2 Å². The molecule has 2 heterocycles. The van der Waals surface area contributed by atoms with Crippen molar-refractivity contribution in [3.8, 4) is 11.4 Å². The van der Waals surface area contributed by atoms with Crippen LogP contribution in [0.5, 0.6) is 5.75 Å². The predicted molar refractivity (Wildman–Crippen MR) is 122 cm³/mol. The average molecular weight is 452 g/mol. The molecule has 0 spiro atoms. The Kier molecular flexibility index (Phi) is 6.75. The molecule has 1 aliphatic rings. The molecule has 0 aliphatic carbocycles. The zero-order chi connectivity index (χ0) is 22.5. The van der Waals surface area contributed by atoms with E-state index in [9.17, 15) is 9.59 Å². The number of nitrogens with zero attached hydrogens (tertiary/aromatic N) is 4. The summed E-state index contributed by atoms with van der Waals surface area (Å²) in [6.07, 6.45) is 0.596. The lowest BCUT2D eigenvalue weighted by Gasteiger charge is -2.18. The second kappa shape index (κ2) is 9.86. The van der Waals surface area contributed by atoms with Crippen molar-refractivity contribution in [1.82, 2.24) is 25.0 Å². The fourth-order valence-electron chi connectivity index (χ4n) is 3.50. The largest absolute Gasteiger partial charge is 0.494 e. The molecule has 1 atom stereocenters. The molecular formula is C23H25N5O3S. The van der Waals surface area contributed by atoms with Crippen molar-refractivity contribution in [3.63, 3.8) is 0 Å². The Hall–Kier alpha value is -3.33. The van der Waals surface area contributed by atoms with Crippen LogP contribution in [0.2, 0.25) is 0 Å². The van der Waals surface area contributed by atoms with Crippen molar-refractivity contribution in [3.05, 3.63) is 66.0 Å². The number of imide groups is 1. The van der Waals surface area contributed by atoms with Gasteiger partial charge >= 0.3 is 6.03 Å². The molecule has 1 N–H and O–H groups in total. The molecule has 166 valence electrons. The van der Waals surface area contributed by atoms with Crippen molar-refractivity contribution >= 4 is 23.7 Å². The topological polar surface area (TPSA) is 89.3 Å². The third-order valence-corrected chi connectivity index (χ3v) is 6.09. The third kappa shape index (κ3) is 4.77. The van der Waals surface area contributed by atoms with E-state index in [0.29, 0.717) is 31.3 Å². The molecule has 1 saturated heterocycles. The Morgan fingerprint density at radius 1 is 1.16 bits per heavy atom. The Morgan fingerprint density at radius 2 is 1.91 bits per heavy atom.